The number of rotatable bonds is 15. The van der Waals surface area contributed by atoms with Crippen LogP contribution in [-0.4, -0.2) is 77.9 Å². The van der Waals surface area contributed by atoms with Gasteiger partial charge in [-0.1, -0.05) is 121 Å². The van der Waals surface area contributed by atoms with Gasteiger partial charge in [-0.2, -0.15) is 10.0 Å². The third-order valence-electron chi connectivity index (χ3n) is 10.7. The minimum Gasteiger partial charge on any atom is -0.508 e. The van der Waals surface area contributed by atoms with E-state index in [9.17, 15) is 29.4 Å². The summed E-state index contributed by atoms with van der Waals surface area (Å²) < 4.78 is 6.17. The Hall–Kier alpha value is -7.48. The molecule has 13 nitrogen and oxygen atoms in total. The molecule has 7 rings (SSSR count). The number of hydrazine groups is 1. The first-order chi connectivity index (χ1) is 30.7. The van der Waals surface area contributed by atoms with Crippen LogP contribution in [0.1, 0.15) is 35.2 Å². The summed E-state index contributed by atoms with van der Waals surface area (Å²) in [6.07, 6.45) is -1.53. The summed E-state index contributed by atoms with van der Waals surface area (Å²) in [5, 5.41) is 31.9. The summed E-state index contributed by atoms with van der Waals surface area (Å²) in [5.74, 6) is -0.253. The van der Waals surface area contributed by atoms with E-state index in [1.165, 1.54) is 0 Å². The fraction of sp³-hybridized carbons (Fsp3) is 0.200. The van der Waals surface area contributed by atoms with E-state index in [-0.39, 0.29) is 29.7 Å². The number of hydrogen-bond acceptors (Lipinski definition) is 8. The van der Waals surface area contributed by atoms with E-state index in [2.05, 4.69) is 20.9 Å². The van der Waals surface area contributed by atoms with Gasteiger partial charge < -0.3 is 35.8 Å². The number of benzene rings is 6. The molecule has 0 aliphatic carbocycles. The van der Waals surface area contributed by atoms with Gasteiger partial charge in [0.2, 0.25) is 5.91 Å². The van der Waals surface area contributed by atoms with Crippen molar-refractivity contribution in [3.8, 4) is 28.0 Å². The van der Waals surface area contributed by atoms with Crippen LogP contribution in [0.4, 0.5) is 26.7 Å². The number of phenols is 1. The molecule has 13 heteroatoms. The molecule has 0 bridgehead atoms. The van der Waals surface area contributed by atoms with Gasteiger partial charge in [0.15, 0.2) is 0 Å². The SMILES string of the molecule is O=C(CCN1CCC(OC(=O)N(c2ccccc2-c2ccccc2)N(C(=O)O)c2ccccc2-c2ccccc2)CC1)Nc1cccc(C(=O)NCCNCc2ccccc2O)c1. The number of piperidine rings is 1. The van der Waals surface area contributed by atoms with Crippen molar-refractivity contribution in [2.75, 3.05) is 48.1 Å². The summed E-state index contributed by atoms with van der Waals surface area (Å²) in [6.45, 7) is 2.94. The van der Waals surface area contributed by atoms with Crippen LogP contribution in [0, 0.1) is 0 Å². The average Bonchev–Trinajstić information content (AvgIpc) is 3.31. The molecule has 1 saturated heterocycles. The molecular formula is C50H50N6O7. The van der Waals surface area contributed by atoms with Gasteiger partial charge in [0.05, 0.1) is 11.4 Å². The number of para-hydroxylation sites is 3. The fourth-order valence-corrected chi connectivity index (χ4v) is 7.54. The molecular weight excluding hydrogens is 797 g/mol. The normalized spacial score (nSPS) is 12.8. The maximum absolute atomic E-state index is 14.5. The molecule has 5 N–H and O–H groups in total. The van der Waals surface area contributed by atoms with Crippen LogP contribution in [0.2, 0.25) is 0 Å². The van der Waals surface area contributed by atoms with E-state index in [1.54, 1.807) is 60.7 Å². The number of hydrogen-bond donors (Lipinski definition) is 5. The number of phenolic OH excluding ortho intramolecular Hbond substituents is 1. The molecule has 63 heavy (non-hydrogen) atoms. The van der Waals surface area contributed by atoms with Crippen LogP contribution in [0.5, 0.6) is 5.75 Å². The number of carbonyl (C=O) groups is 4. The zero-order chi connectivity index (χ0) is 44.0. The standard InChI is InChI=1S/C50H50N6O7/c57-46-25-12-7-18-39(46)35-51-29-30-52-48(59)38-19-13-20-40(34-38)53-47(58)28-33-54-31-26-41(27-32-54)63-50(62)56(45-24-11-9-22-43(45)37-16-5-2-6-17-37)55(49(60)61)44-23-10-8-21-42(44)36-14-3-1-4-15-36/h1-25,34,41,51,57H,26-33,35H2,(H,52,59)(H,53,58)(H,60,61). The molecule has 322 valence electrons. The number of nitrogens with one attached hydrogen (secondary N) is 3. The molecule has 0 radical (unpaired) electrons. The van der Waals surface area contributed by atoms with Gasteiger partial charge in [0.1, 0.15) is 11.9 Å². The molecule has 1 heterocycles. The Labute approximate surface area is 366 Å². The van der Waals surface area contributed by atoms with Crippen LogP contribution in [-0.2, 0) is 16.1 Å². The highest BCUT2D eigenvalue weighted by atomic mass is 16.6. The molecule has 0 atom stereocenters. The van der Waals surface area contributed by atoms with Crippen LogP contribution in [0.3, 0.4) is 0 Å². The molecule has 6 aromatic carbocycles. The van der Waals surface area contributed by atoms with Gasteiger partial charge in [-0.05, 0) is 60.4 Å². The third-order valence-corrected chi connectivity index (χ3v) is 10.7. The highest BCUT2D eigenvalue weighted by Gasteiger charge is 2.36. The van der Waals surface area contributed by atoms with Crippen LogP contribution in [0.25, 0.3) is 22.3 Å². The summed E-state index contributed by atoms with van der Waals surface area (Å²) >= 11 is 0. The zero-order valence-corrected chi connectivity index (χ0v) is 34.7. The Balaban J connectivity index is 0.957. The lowest BCUT2D eigenvalue weighted by Gasteiger charge is -2.36. The van der Waals surface area contributed by atoms with Crippen molar-refractivity contribution in [2.45, 2.75) is 31.9 Å². The number of anilines is 3. The Morgan fingerprint density at radius 2 is 1.25 bits per heavy atom. The van der Waals surface area contributed by atoms with E-state index in [0.717, 1.165) is 26.7 Å². The van der Waals surface area contributed by atoms with Crippen molar-refractivity contribution >= 4 is 41.1 Å². The minimum atomic E-state index is -1.37. The molecule has 0 aromatic heterocycles. The zero-order valence-electron chi connectivity index (χ0n) is 34.7. The monoisotopic (exact) mass is 846 g/mol. The van der Waals surface area contributed by atoms with E-state index in [4.69, 9.17) is 4.74 Å². The molecule has 4 amide bonds. The van der Waals surface area contributed by atoms with Gasteiger partial charge in [0.25, 0.3) is 5.91 Å². The highest BCUT2D eigenvalue weighted by Crippen LogP contribution is 2.38. The van der Waals surface area contributed by atoms with Gasteiger partial charge in [-0.25, -0.2) is 9.59 Å². The smallest absolute Gasteiger partial charge is 0.434 e. The third kappa shape index (κ3) is 11.5. The second-order valence-electron chi connectivity index (χ2n) is 15.0. The topological polar surface area (TPSA) is 164 Å². The Morgan fingerprint density at radius 3 is 1.89 bits per heavy atom. The van der Waals surface area contributed by atoms with Gasteiger partial charge >= 0.3 is 12.2 Å². The second kappa shape index (κ2) is 21.4. The first-order valence-corrected chi connectivity index (χ1v) is 21.0. The summed E-state index contributed by atoms with van der Waals surface area (Å²) in [4.78, 5) is 55.9. The molecule has 0 saturated carbocycles. The summed E-state index contributed by atoms with van der Waals surface area (Å²) in [5.41, 5.74) is 5.16. The van der Waals surface area contributed by atoms with Crippen LogP contribution < -0.4 is 26.0 Å². The number of aromatic hydroxyl groups is 1. The number of carboxylic acid groups (broad SMARTS) is 1. The quantitative estimate of drug-likeness (QED) is 0.0502. The van der Waals surface area contributed by atoms with E-state index < -0.39 is 18.3 Å². The van der Waals surface area contributed by atoms with Gasteiger partial charge in [-0.15, -0.1) is 0 Å². The number of nitrogens with zero attached hydrogens (tertiary/aromatic N) is 3. The second-order valence-corrected chi connectivity index (χ2v) is 15.0. The molecule has 1 fully saturated rings. The van der Waals surface area contributed by atoms with Crippen molar-refractivity contribution in [3.05, 3.63) is 169 Å². The Morgan fingerprint density at radius 1 is 0.667 bits per heavy atom. The van der Waals surface area contributed by atoms with Crippen molar-refractivity contribution in [1.29, 1.82) is 0 Å². The lowest BCUT2D eigenvalue weighted by Crippen LogP contribution is -2.52. The molecule has 1 aliphatic rings. The lowest BCUT2D eigenvalue weighted by atomic mass is 10.0. The molecule has 0 unspecified atom stereocenters. The highest BCUT2D eigenvalue weighted by molar-refractivity contribution is 6.06. The van der Waals surface area contributed by atoms with E-state index in [1.807, 2.05) is 97.1 Å². The maximum atomic E-state index is 14.5. The van der Waals surface area contributed by atoms with E-state index in [0.29, 0.717) is 80.2 Å². The number of amides is 4. The first kappa shape index (κ1) is 43.6. The molecule has 1 aliphatic heterocycles. The summed E-state index contributed by atoms with van der Waals surface area (Å²) in [7, 11) is 0. The number of carbonyl (C=O) groups excluding carboxylic acids is 3. The van der Waals surface area contributed by atoms with Gasteiger partial charge in [0, 0.05) is 73.6 Å². The summed E-state index contributed by atoms with van der Waals surface area (Å²) in [6, 6.07) is 46.9. The fourth-order valence-electron chi connectivity index (χ4n) is 7.54. The van der Waals surface area contributed by atoms with Crippen molar-refractivity contribution < 1.29 is 34.1 Å². The molecule has 6 aromatic rings. The van der Waals surface area contributed by atoms with Crippen molar-refractivity contribution in [1.82, 2.24) is 15.5 Å². The largest absolute Gasteiger partial charge is 0.508 e. The number of ether oxygens (including phenoxy) is 1. The van der Waals surface area contributed by atoms with Crippen molar-refractivity contribution in [3.63, 3.8) is 0 Å². The Kier molecular flexibility index (Phi) is 14.8. The number of likely N-dealkylation sites (tertiary alicyclic amines) is 1. The minimum absolute atomic E-state index is 0.202. The molecule has 0 spiro atoms. The Bertz CT molecular complexity index is 2490. The first-order valence-electron chi connectivity index (χ1n) is 21.0. The maximum Gasteiger partial charge on any atom is 0.434 e. The average molecular weight is 847 g/mol. The predicted octanol–water partition coefficient (Wildman–Crippen LogP) is 8.78. The van der Waals surface area contributed by atoms with Crippen molar-refractivity contribution in [2.24, 2.45) is 0 Å². The van der Waals surface area contributed by atoms with Crippen LogP contribution >= 0.6 is 0 Å². The van der Waals surface area contributed by atoms with E-state index >= 15 is 0 Å². The van der Waals surface area contributed by atoms with Gasteiger partial charge in [-0.3, -0.25) is 9.59 Å². The van der Waals surface area contributed by atoms with Crippen LogP contribution in [0.15, 0.2) is 158 Å². The lowest BCUT2D eigenvalue weighted by molar-refractivity contribution is -0.116. The predicted molar refractivity (Wildman–Crippen MR) is 245 cm³/mol.